The molecule has 1 unspecified atom stereocenters. The van der Waals surface area contributed by atoms with Crippen LogP contribution in [0, 0.1) is 11.7 Å². The molecule has 0 spiro atoms. The maximum atomic E-state index is 14.2. The predicted molar refractivity (Wildman–Crippen MR) is 150 cm³/mol. The van der Waals surface area contributed by atoms with E-state index in [1.807, 2.05) is 44.2 Å². The number of carbonyl (C=O) groups is 3. The number of halogens is 2. The molecule has 40 heavy (non-hydrogen) atoms. The zero-order valence-corrected chi connectivity index (χ0v) is 23.0. The highest BCUT2D eigenvalue weighted by atomic mass is 35.5. The molecule has 210 valence electrons. The molecule has 3 aromatic rings. The quantitative estimate of drug-likeness (QED) is 0.349. The number of anilines is 1. The van der Waals surface area contributed by atoms with Gasteiger partial charge in [-0.1, -0.05) is 44.2 Å². The van der Waals surface area contributed by atoms with Gasteiger partial charge in [0.05, 0.1) is 6.04 Å². The van der Waals surface area contributed by atoms with E-state index in [9.17, 15) is 23.9 Å². The highest BCUT2D eigenvalue weighted by Gasteiger charge is 2.40. The molecular formula is C30H31ClFN3O5. The summed E-state index contributed by atoms with van der Waals surface area (Å²) in [4.78, 5) is 43.5. The second-order valence-corrected chi connectivity index (χ2v) is 10.1. The van der Waals surface area contributed by atoms with Crippen molar-refractivity contribution in [2.24, 2.45) is 5.92 Å². The van der Waals surface area contributed by atoms with E-state index in [0.717, 1.165) is 0 Å². The lowest BCUT2D eigenvalue weighted by molar-refractivity contribution is -0.137. The van der Waals surface area contributed by atoms with Crippen molar-refractivity contribution >= 4 is 35.2 Å². The lowest BCUT2D eigenvalue weighted by Gasteiger charge is -2.44. The summed E-state index contributed by atoms with van der Waals surface area (Å²) < 4.78 is 19.7. The number of benzene rings is 3. The first kappa shape index (κ1) is 28.9. The van der Waals surface area contributed by atoms with Crippen LogP contribution >= 0.6 is 11.6 Å². The first-order valence-electron chi connectivity index (χ1n) is 12.9. The van der Waals surface area contributed by atoms with Crippen molar-refractivity contribution in [3.8, 4) is 11.5 Å². The van der Waals surface area contributed by atoms with Gasteiger partial charge in [-0.25, -0.2) is 9.18 Å². The molecule has 0 aliphatic carbocycles. The van der Waals surface area contributed by atoms with Crippen LogP contribution in [-0.4, -0.2) is 64.4 Å². The van der Waals surface area contributed by atoms with Gasteiger partial charge in [0.15, 0.2) is 0 Å². The highest BCUT2D eigenvalue weighted by molar-refractivity contribution is 6.29. The molecule has 0 saturated carbocycles. The maximum Gasteiger partial charge on any atom is 0.407 e. The van der Waals surface area contributed by atoms with Gasteiger partial charge in [-0.05, 0) is 60.0 Å². The third-order valence-corrected chi connectivity index (χ3v) is 7.13. The molecule has 1 aliphatic heterocycles. The van der Waals surface area contributed by atoms with Gasteiger partial charge >= 0.3 is 6.09 Å². The van der Waals surface area contributed by atoms with Crippen LogP contribution in [0.15, 0.2) is 78.9 Å². The molecule has 3 aromatic carbocycles. The molecule has 1 N–H and O–H groups in total. The summed E-state index contributed by atoms with van der Waals surface area (Å²) in [5.74, 6) is -0.688. The molecule has 3 amide bonds. The molecule has 2 atom stereocenters. The van der Waals surface area contributed by atoms with Crippen molar-refractivity contribution < 1.29 is 28.6 Å². The summed E-state index contributed by atoms with van der Waals surface area (Å²) in [6.45, 7) is 4.24. The van der Waals surface area contributed by atoms with Crippen molar-refractivity contribution in [2.75, 3.05) is 30.4 Å². The molecule has 0 bridgehead atoms. The lowest BCUT2D eigenvalue weighted by Crippen LogP contribution is -2.59. The fourth-order valence-electron chi connectivity index (χ4n) is 4.84. The topological polar surface area (TPSA) is 90.4 Å². The SMILES string of the molecule is CC(C)C1CN(C(=O)[C@H](c2ccc(F)cc2)N(C(=O)CCl)c2ccc(Oc3ccccc3)cc2)CCN1C(=O)O. The summed E-state index contributed by atoms with van der Waals surface area (Å²) in [5.41, 5.74) is 0.801. The molecular weight excluding hydrogens is 537 g/mol. The smallest absolute Gasteiger partial charge is 0.407 e. The number of piperazine rings is 1. The third kappa shape index (κ3) is 6.54. The number of amides is 3. The van der Waals surface area contributed by atoms with E-state index >= 15 is 0 Å². The van der Waals surface area contributed by atoms with E-state index in [1.54, 1.807) is 29.2 Å². The van der Waals surface area contributed by atoms with Crippen LogP contribution in [-0.2, 0) is 9.59 Å². The monoisotopic (exact) mass is 567 g/mol. The molecule has 1 aliphatic rings. The van der Waals surface area contributed by atoms with Crippen LogP contribution < -0.4 is 9.64 Å². The van der Waals surface area contributed by atoms with Crippen LogP contribution in [0.4, 0.5) is 14.9 Å². The third-order valence-electron chi connectivity index (χ3n) is 6.90. The minimum atomic E-state index is -1.16. The van der Waals surface area contributed by atoms with Gasteiger partial charge in [0, 0.05) is 25.3 Å². The van der Waals surface area contributed by atoms with E-state index in [4.69, 9.17) is 16.3 Å². The Bertz CT molecular complexity index is 1320. The Hall–Kier alpha value is -4.11. The molecule has 10 heteroatoms. The van der Waals surface area contributed by atoms with E-state index < -0.39 is 41.7 Å². The largest absolute Gasteiger partial charge is 0.465 e. The summed E-state index contributed by atoms with van der Waals surface area (Å²) in [6, 6.07) is 19.7. The van der Waals surface area contributed by atoms with Crippen LogP contribution in [0.1, 0.15) is 25.5 Å². The van der Waals surface area contributed by atoms with Gasteiger partial charge in [-0.15, -0.1) is 11.6 Å². The Balaban J connectivity index is 1.70. The first-order chi connectivity index (χ1) is 19.2. The summed E-state index contributed by atoms with van der Waals surface area (Å²) in [7, 11) is 0. The number of carbonyl (C=O) groups excluding carboxylic acids is 2. The maximum absolute atomic E-state index is 14.2. The molecule has 1 heterocycles. The van der Waals surface area contributed by atoms with Crippen LogP contribution in [0.25, 0.3) is 0 Å². The first-order valence-corrected chi connectivity index (χ1v) is 13.5. The predicted octanol–water partition coefficient (Wildman–Crippen LogP) is 5.78. The van der Waals surface area contributed by atoms with Gasteiger partial charge in [-0.2, -0.15) is 0 Å². The van der Waals surface area contributed by atoms with Crippen molar-refractivity contribution in [3.05, 3.63) is 90.2 Å². The summed E-state index contributed by atoms with van der Waals surface area (Å²) in [5, 5.41) is 9.66. The van der Waals surface area contributed by atoms with Crippen molar-refractivity contribution in [3.63, 3.8) is 0 Å². The number of ether oxygens (including phenoxy) is 1. The number of para-hydroxylation sites is 1. The molecule has 0 aromatic heterocycles. The van der Waals surface area contributed by atoms with Crippen molar-refractivity contribution in [2.45, 2.75) is 25.9 Å². The van der Waals surface area contributed by atoms with Crippen LogP contribution in [0.2, 0.25) is 0 Å². The van der Waals surface area contributed by atoms with E-state index in [1.165, 1.54) is 34.1 Å². The molecule has 1 fully saturated rings. The van der Waals surface area contributed by atoms with E-state index in [0.29, 0.717) is 22.7 Å². The number of rotatable bonds is 8. The molecule has 1 saturated heterocycles. The Morgan fingerprint density at radius 1 is 0.975 bits per heavy atom. The second kappa shape index (κ2) is 12.8. The van der Waals surface area contributed by atoms with E-state index in [2.05, 4.69) is 0 Å². The molecule has 8 nitrogen and oxygen atoms in total. The van der Waals surface area contributed by atoms with Gasteiger partial charge in [0.2, 0.25) is 5.91 Å². The highest BCUT2D eigenvalue weighted by Crippen LogP contribution is 2.33. The van der Waals surface area contributed by atoms with Gasteiger partial charge in [-0.3, -0.25) is 14.5 Å². The Morgan fingerprint density at radius 2 is 1.60 bits per heavy atom. The van der Waals surface area contributed by atoms with E-state index in [-0.39, 0.29) is 25.6 Å². The average Bonchev–Trinajstić information content (AvgIpc) is 2.96. The molecule has 0 radical (unpaired) electrons. The Labute approximate surface area is 237 Å². The fourth-order valence-corrected chi connectivity index (χ4v) is 4.97. The number of nitrogens with zero attached hydrogens (tertiary/aromatic N) is 3. The zero-order valence-electron chi connectivity index (χ0n) is 22.2. The zero-order chi connectivity index (χ0) is 28.8. The normalized spacial score (nSPS) is 16.0. The lowest BCUT2D eigenvalue weighted by atomic mass is 9.97. The van der Waals surface area contributed by atoms with Gasteiger partial charge in [0.1, 0.15) is 29.2 Å². The average molecular weight is 568 g/mol. The number of hydrogen-bond acceptors (Lipinski definition) is 4. The standard InChI is InChI=1S/C30H31ClFN3O5/c1-20(2)26-19-33(16-17-34(26)30(38)39)29(37)28(21-8-10-22(32)11-9-21)35(27(36)18-31)23-12-14-25(15-13-23)40-24-6-4-3-5-7-24/h3-15,20,26,28H,16-19H2,1-2H3,(H,38,39)/t26?,28-/m0/s1. The van der Waals surface area contributed by atoms with Crippen LogP contribution in [0.3, 0.4) is 0 Å². The summed E-state index contributed by atoms with van der Waals surface area (Å²) >= 11 is 6.03. The minimum Gasteiger partial charge on any atom is -0.465 e. The number of carboxylic acid groups (broad SMARTS) is 1. The van der Waals surface area contributed by atoms with Crippen molar-refractivity contribution in [1.29, 1.82) is 0 Å². The summed E-state index contributed by atoms with van der Waals surface area (Å²) in [6.07, 6.45) is -1.04. The Morgan fingerprint density at radius 3 is 2.17 bits per heavy atom. The van der Waals surface area contributed by atoms with Gasteiger partial charge in [0.25, 0.3) is 5.91 Å². The van der Waals surface area contributed by atoms with Gasteiger partial charge < -0.3 is 19.6 Å². The minimum absolute atomic E-state index is 0.0475. The van der Waals surface area contributed by atoms with Crippen LogP contribution in [0.5, 0.6) is 11.5 Å². The fraction of sp³-hybridized carbons (Fsp3) is 0.300. The Kier molecular flexibility index (Phi) is 9.26. The second-order valence-electron chi connectivity index (χ2n) is 9.83. The number of hydrogen-bond donors (Lipinski definition) is 1. The number of alkyl halides is 1. The molecule has 4 rings (SSSR count). The van der Waals surface area contributed by atoms with Crippen molar-refractivity contribution in [1.82, 2.24) is 9.80 Å².